The Balaban J connectivity index is 0.00000650. The number of nitrogens with zero attached hydrogens (tertiary/aromatic N) is 6. The summed E-state index contributed by atoms with van der Waals surface area (Å²) in [6, 6.07) is 90.4. The molecular weight excluding hydrogens is 1260 g/mol. The molecule has 0 spiro atoms. The van der Waals surface area contributed by atoms with Crippen molar-refractivity contribution in [2.24, 2.45) is 0 Å². The average molecular weight is 1320 g/mol. The number of hydrogen-bond donors (Lipinski definition) is 2. The van der Waals surface area contributed by atoms with Crippen LogP contribution in [0.5, 0.6) is 11.5 Å². The van der Waals surface area contributed by atoms with Gasteiger partial charge in [-0.1, -0.05) is 216 Å². The van der Waals surface area contributed by atoms with E-state index in [-0.39, 0.29) is 32.6 Å². The van der Waals surface area contributed by atoms with Crippen LogP contribution in [0, 0.1) is 41.0 Å². The fraction of sp³-hybridized carbons (Fsp3) is 0.0633. The van der Waals surface area contributed by atoms with Crippen molar-refractivity contribution in [1.82, 2.24) is 9.13 Å². The minimum absolute atomic E-state index is 0. The van der Waals surface area contributed by atoms with E-state index in [2.05, 4.69) is 300 Å². The van der Waals surface area contributed by atoms with Crippen LogP contribution in [0.15, 0.2) is 255 Å². The summed E-state index contributed by atoms with van der Waals surface area (Å²) >= 11 is 0. The van der Waals surface area contributed by atoms with Gasteiger partial charge in [-0.15, -0.1) is 13.3 Å². The van der Waals surface area contributed by atoms with Crippen molar-refractivity contribution in [2.75, 3.05) is 26.3 Å². The van der Waals surface area contributed by atoms with E-state index in [4.69, 9.17) is 0 Å². The van der Waals surface area contributed by atoms with Crippen molar-refractivity contribution in [1.29, 1.82) is 0 Å². The van der Waals surface area contributed by atoms with E-state index in [0.29, 0.717) is 18.0 Å². The Morgan fingerprint density at radius 1 is 0.295 bits per heavy atom. The third-order valence-electron chi connectivity index (χ3n) is 17.7. The smallest absolute Gasteiger partial charge is 0.506 e. The van der Waals surface area contributed by atoms with E-state index in [0.717, 1.165) is 122 Å². The van der Waals surface area contributed by atoms with Crippen LogP contribution in [0.1, 0.15) is 22.3 Å². The number of benzene rings is 12. The maximum absolute atomic E-state index is 12.2. The molecule has 0 saturated carbocycles. The molecule has 8 nitrogen and oxygen atoms in total. The number of para-hydroxylation sites is 8. The molecule has 428 valence electrons. The zero-order chi connectivity index (χ0) is 58.6. The molecule has 12 aromatic carbocycles. The summed E-state index contributed by atoms with van der Waals surface area (Å²) in [5.41, 5.74) is 25.2. The Kier molecular flexibility index (Phi) is 13.3. The molecule has 16 rings (SSSR count). The van der Waals surface area contributed by atoms with Gasteiger partial charge < -0.3 is 38.9 Å². The van der Waals surface area contributed by atoms with Crippen molar-refractivity contribution in [3.05, 3.63) is 290 Å². The van der Waals surface area contributed by atoms with Crippen LogP contribution < -0.4 is 19.6 Å². The monoisotopic (exact) mass is 1320 g/mol. The van der Waals surface area contributed by atoms with Crippen LogP contribution >= 0.6 is 0 Å². The second-order valence-electron chi connectivity index (χ2n) is 23.3. The standard InChI is InChI=1S/C79H60N6O2.Pt/c1-50-25-33-54(34-26-50)60-13-9-17-64-65-18-10-14-61(55-35-27-51(2)28-36-55)77(65)84(76(60)64)58-41-43-74(86)72(45-58)82-48-80(68-21-5-7-23-70(68)82)47-81-49-83(71-24-8-6-22-69(71)81)73-46-59(42-44-75(73)87)85-78-62(56-37-29-52(3)30-38-56)15-11-19-66(78)67-20-12-16-63(79(67)85)57-39-31-53(4)32-40-57;/h5-46,48-49,86-87H,47H2,1-4H3;/q-2;+2. The Labute approximate surface area is 526 Å². The number of aromatic hydroxyl groups is 2. The van der Waals surface area contributed by atoms with Crippen LogP contribution in [-0.2, 0) is 21.1 Å². The summed E-state index contributed by atoms with van der Waals surface area (Å²) in [5, 5.41) is 29.0. The predicted octanol–water partition coefficient (Wildman–Crippen LogP) is 20.0. The Hall–Kier alpha value is -10.3. The number of anilines is 6. The van der Waals surface area contributed by atoms with Gasteiger partial charge in [-0.05, 0) is 111 Å². The first kappa shape index (κ1) is 54.4. The van der Waals surface area contributed by atoms with E-state index < -0.39 is 0 Å². The van der Waals surface area contributed by atoms with Gasteiger partial charge in [-0.3, -0.25) is 0 Å². The molecule has 0 radical (unpaired) electrons. The van der Waals surface area contributed by atoms with Crippen molar-refractivity contribution >= 4 is 77.7 Å². The zero-order valence-corrected chi connectivity index (χ0v) is 51.3. The normalized spacial score (nSPS) is 12.9. The largest absolute Gasteiger partial charge is 2.00 e. The van der Waals surface area contributed by atoms with Crippen LogP contribution in [0.3, 0.4) is 0 Å². The average Bonchev–Trinajstić information content (AvgIpc) is 1.67. The number of fused-ring (bicyclic) bond motifs is 8. The molecule has 0 saturated heterocycles. The minimum atomic E-state index is 0. The molecule has 0 atom stereocenters. The fourth-order valence-electron chi connectivity index (χ4n) is 13.4. The Morgan fingerprint density at radius 3 is 0.875 bits per heavy atom. The number of aryl methyl sites for hydroxylation is 4. The molecule has 9 heteroatoms. The third kappa shape index (κ3) is 8.92. The van der Waals surface area contributed by atoms with Gasteiger partial charge in [0.25, 0.3) is 0 Å². The van der Waals surface area contributed by atoms with Crippen LogP contribution in [0.25, 0.3) is 99.5 Å². The topological polar surface area (TPSA) is 63.3 Å². The summed E-state index contributed by atoms with van der Waals surface area (Å²) in [5.74, 6) is 0.314. The van der Waals surface area contributed by atoms with Gasteiger partial charge in [0.1, 0.15) is 11.5 Å². The van der Waals surface area contributed by atoms with Crippen molar-refractivity contribution in [3.63, 3.8) is 0 Å². The van der Waals surface area contributed by atoms with E-state index in [1.165, 1.54) is 22.3 Å². The van der Waals surface area contributed by atoms with Crippen LogP contribution in [-0.4, -0.2) is 26.0 Å². The van der Waals surface area contributed by atoms with E-state index in [9.17, 15) is 10.2 Å². The van der Waals surface area contributed by atoms with Gasteiger partial charge in [0, 0.05) is 84.6 Å². The molecule has 88 heavy (non-hydrogen) atoms. The minimum Gasteiger partial charge on any atom is -0.506 e. The molecule has 0 unspecified atom stereocenters. The summed E-state index contributed by atoms with van der Waals surface area (Å²) in [6.45, 7) is 13.1. The van der Waals surface area contributed by atoms with Gasteiger partial charge in [0.2, 0.25) is 0 Å². The molecule has 0 bridgehead atoms. The first-order valence-electron chi connectivity index (χ1n) is 29.7. The molecule has 2 N–H and O–H groups in total. The van der Waals surface area contributed by atoms with Crippen molar-refractivity contribution in [2.45, 2.75) is 27.7 Å². The van der Waals surface area contributed by atoms with Crippen molar-refractivity contribution in [3.8, 4) is 67.4 Å². The summed E-state index contributed by atoms with van der Waals surface area (Å²) in [7, 11) is 0. The molecule has 2 aliphatic heterocycles. The quantitative estimate of drug-likeness (QED) is 0.133. The molecular formula is C79H60N6O2Pt. The SMILES string of the molecule is Cc1ccc(-c2cccc3c4cccc(-c5ccc(C)cc5)c4n(-c4ccc(O)c(N5[CH-]N(CN6[CH-]N(c7cc(-n8c9c(-c%10ccc(C)cc%10)cccc9c9cccc(-c%10ccc(C)cc%10)c98)ccc7O)c7ccccc76)c6ccccc65)c4)c23)cc1.[Pt+2]. The number of phenols is 2. The molecule has 2 aromatic heterocycles. The second kappa shape index (κ2) is 21.6. The van der Waals surface area contributed by atoms with E-state index >= 15 is 0 Å². The number of hydrogen-bond acceptors (Lipinski definition) is 6. The van der Waals surface area contributed by atoms with Crippen LogP contribution in [0.2, 0.25) is 0 Å². The molecule has 4 heterocycles. The summed E-state index contributed by atoms with van der Waals surface area (Å²) in [6.07, 6.45) is 0. The molecule has 0 amide bonds. The summed E-state index contributed by atoms with van der Waals surface area (Å²) < 4.78 is 4.81. The second-order valence-corrected chi connectivity index (χ2v) is 23.3. The van der Waals surface area contributed by atoms with Crippen molar-refractivity contribution < 1.29 is 31.3 Å². The van der Waals surface area contributed by atoms with E-state index in [1.54, 1.807) is 0 Å². The van der Waals surface area contributed by atoms with Gasteiger partial charge in [-0.25, -0.2) is 0 Å². The molecule has 0 aliphatic carbocycles. The predicted molar refractivity (Wildman–Crippen MR) is 361 cm³/mol. The van der Waals surface area contributed by atoms with Gasteiger partial charge in [-0.2, -0.15) is 0 Å². The fourth-order valence-corrected chi connectivity index (χ4v) is 13.4. The number of rotatable bonds is 10. The third-order valence-corrected chi connectivity index (χ3v) is 17.7. The Bertz CT molecular complexity index is 4520. The summed E-state index contributed by atoms with van der Waals surface area (Å²) in [4.78, 5) is 8.69. The maximum atomic E-state index is 12.2. The maximum Gasteiger partial charge on any atom is 2.00 e. The molecule has 0 fully saturated rings. The van der Waals surface area contributed by atoms with E-state index in [1.807, 2.05) is 24.3 Å². The van der Waals surface area contributed by atoms with Gasteiger partial charge in [0.15, 0.2) is 0 Å². The van der Waals surface area contributed by atoms with Gasteiger partial charge >= 0.3 is 21.1 Å². The Morgan fingerprint density at radius 2 is 0.580 bits per heavy atom. The number of aromatic nitrogens is 2. The molecule has 14 aromatic rings. The zero-order valence-electron chi connectivity index (χ0n) is 49.0. The first-order chi connectivity index (χ1) is 42.6. The first-order valence-corrected chi connectivity index (χ1v) is 29.7. The van der Waals surface area contributed by atoms with Crippen LogP contribution in [0.4, 0.5) is 34.1 Å². The van der Waals surface area contributed by atoms with Gasteiger partial charge in [0.05, 0.1) is 33.4 Å². The number of phenolic OH excluding ortho intramolecular Hbond substituents is 2. The molecule has 2 aliphatic rings.